The van der Waals surface area contributed by atoms with Crippen LogP contribution < -0.4 is 5.32 Å². The molecule has 5 nitrogen and oxygen atoms in total. The quantitative estimate of drug-likeness (QED) is 0.756. The Balaban J connectivity index is 2.47. The van der Waals surface area contributed by atoms with Crippen molar-refractivity contribution < 1.29 is 19.4 Å². The van der Waals surface area contributed by atoms with E-state index in [0.717, 1.165) is 6.42 Å². The van der Waals surface area contributed by atoms with E-state index in [1.807, 2.05) is 0 Å². The number of rotatable bonds is 2. The van der Waals surface area contributed by atoms with Gasteiger partial charge in [0.05, 0.1) is 5.92 Å². The Labute approximate surface area is 95.2 Å². The van der Waals surface area contributed by atoms with Gasteiger partial charge in [0.15, 0.2) is 0 Å². The van der Waals surface area contributed by atoms with E-state index in [1.165, 1.54) is 0 Å². The lowest BCUT2D eigenvalue weighted by molar-refractivity contribution is -0.142. The van der Waals surface area contributed by atoms with Crippen LogP contribution in [0, 0.1) is 5.92 Å². The molecule has 1 rings (SSSR count). The number of amides is 1. The fourth-order valence-electron chi connectivity index (χ4n) is 1.89. The van der Waals surface area contributed by atoms with E-state index in [2.05, 4.69) is 5.32 Å². The molecule has 0 aromatic carbocycles. The molecule has 1 aliphatic carbocycles. The lowest BCUT2D eigenvalue weighted by atomic mass is 10.0. The van der Waals surface area contributed by atoms with Crippen LogP contribution >= 0.6 is 0 Å². The number of aliphatic carboxylic acids is 1. The van der Waals surface area contributed by atoms with Crippen LogP contribution in [0.15, 0.2) is 0 Å². The zero-order valence-corrected chi connectivity index (χ0v) is 9.95. The summed E-state index contributed by atoms with van der Waals surface area (Å²) in [5.74, 6) is -1.33. The molecular weight excluding hydrogens is 210 g/mol. The lowest BCUT2D eigenvalue weighted by Crippen LogP contribution is -2.42. The van der Waals surface area contributed by atoms with E-state index in [-0.39, 0.29) is 6.04 Å². The highest BCUT2D eigenvalue weighted by Crippen LogP contribution is 2.26. The second kappa shape index (κ2) is 4.72. The molecule has 0 heterocycles. The number of ether oxygens (including phenoxy) is 1. The number of nitrogens with one attached hydrogen (secondary N) is 1. The maximum Gasteiger partial charge on any atom is 0.407 e. The van der Waals surface area contributed by atoms with Gasteiger partial charge in [-0.3, -0.25) is 4.79 Å². The molecule has 0 bridgehead atoms. The van der Waals surface area contributed by atoms with Gasteiger partial charge in [-0.05, 0) is 33.6 Å². The monoisotopic (exact) mass is 229 g/mol. The molecule has 0 spiro atoms. The third kappa shape index (κ3) is 3.72. The van der Waals surface area contributed by atoms with Crippen molar-refractivity contribution in [3.63, 3.8) is 0 Å². The summed E-state index contributed by atoms with van der Waals surface area (Å²) in [4.78, 5) is 22.3. The zero-order valence-electron chi connectivity index (χ0n) is 9.95. The van der Waals surface area contributed by atoms with Gasteiger partial charge in [0, 0.05) is 6.04 Å². The first-order chi connectivity index (χ1) is 7.29. The minimum absolute atomic E-state index is 0.299. The normalized spacial score (nSPS) is 25.2. The van der Waals surface area contributed by atoms with Crippen LogP contribution in [0.1, 0.15) is 40.0 Å². The van der Waals surface area contributed by atoms with Gasteiger partial charge < -0.3 is 15.2 Å². The first-order valence-electron chi connectivity index (χ1n) is 5.52. The van der Waals surface area contributed by atoms with Crippen molar-refractivity contribution in [1.82, 2.24) is 5.32 Å². The Hall–Kier alpha value is -1.26. The van der Waals surface area contributed by atoms with E-state index >= 15 is 0 Å². The third-order valence-electron chi connectivity index (χ3n) is 2.54. The molecule has 0 radical (unpaired) electrons. The van der Waals surface area contributed by atoms with Crippen LogP contribution in [0.2, 0.25) is 0 Å². The second-order valence-electron chi connectivity index (χ2n) is 5.13. The summed E-state index contributed by atoms with van der Waals surface area (Å²) < 4.78 is 5.08. The van der Waals surface area contributed by atoms with E-state index in [9.17, 15) is 9.59 Å². The summed E-state index contributed by atoms with van der Waals surface area (Å²) in [6.07, 6.45) is 1.62. The van der Waals surface area contributed by atoms with Gasteiger partial charge in [-0.2, -0.15) is 0 Å². The number of carbonyl (C=O) groups is 2. The molecule has 1 unspecified atom stereocenters. The molecule has 2 atom stereocenters. The van der Waals surface area contributed by atoms with Crippen molar-refractivity contribution in [2.75, 3.05) is 0 Å². The molecule has 0 aromatic rings. The molecular formula is C11H19NO4. The van der Waals surface area contributed by atoms with Gasteiger partial charge in [-0.25, -0.2) is 4.79 Å². The Bertz CT molecular complexity index is 282. The molecule has 0 aromatic heterocycles. The lowest BCUT2D eigenvalue weighted by Gasteiger charge is -2.23. The Morgan fingerprint density at radius 2 is 1.94 bits per heavy atom. The first-order valence-corrected chi connectivity index (χ1v) is 5.52. The zero-order chi connectivity index (χ0) is 12.3. The predicted octanol–water partition coefficient (Wildman–Crippen LogP) is 1.76. The second-order valence-corrected chi connectivity index (χ2v) is 5.13. The van der Waals surface area contributed by atoms with Gasteiger partial charge in [0.2, 0.25) is 0 Å². The van der Waals surface area contributed by atoms with E-state index in [0.29, 0.717) is 12.8 Å². The number of hydrogen-bond acceptors (Lipinski definition) is 3. The van der Waals surface area contributed by atoms with Gasteiger partial charge in [-0.15, -0.1) is 0 Å². The maximum atomic E-state index is 11.5. The molecule has 1 fully saturated rings. The number of carboxylic acids is 1. The van der Waals surface area contributed by atoms with Gasteiger partial charge >= 0.3 is 12.1 Å². The van der Waals surface area contributed by atoms with Crippen molar-refractivity contribution in [2.45, 2.75) is 51.7 Å². The standard InChI is InChI=1S/C11H19NO4/c1-11(2,3)16-10(15)12-8-6-4-5-7(8)9(13)14/h7-8H,4-6H2,1-3H3,(H,12,15)(H,13,14)/t7-,8?/m0/s1. The van der Waals surface area contributed by atoms with Crippen molar-refractivity contribution in [1.29, 1.82) is 0 Å². The molecule has 5 heteroatoms. The summed E-state index contributed by atoms with van der Waals surface area (Å²) in [7, 11) is 0. The van der Waals surface area contributed by atoms with Crippen LogP contribution in [-0.2, 0) is 9.53 Å². The fraction of sp³-hybridized carbons (Fsp3) is 0.818. The van der Waals surface area contributed by atoms with Crippen LogP contribution in [-0.4, -0.2) is 28.8 Å². The highest BCUT2D eigenvalue weighted by Gasteiger charge is 2.34. The molecule has 16 heavy (non-hydrogen) atoms. The SMILES string of the molecule is CC(C)(C)OC(=O)NC1CCC[C@@H]1C(=O)O. The Morgan fingerprint density at radius 3 is 2.44 bits per heavy atom. The van der Waals surface area contributed by atoms with Crippen LogP contribution in [0.5, 0.6) is 0 Å². The molecule has 0 saturated heterocycles. The average Bonchev–Trinajstić information content (AvgIpc) is 2.47. The summed E-state index contributed by atoms with van der Waals surface area (Å²) in [5.41, 5.74) is -0.554. The predicted molar refractivity (Wildman–Crippen MR) is 58.1 cm³/mol. The smallest absolute Gasteiger partial charge is 0.407 e. The summed E-state index contributed by atoms with van der Waals surface area (Å²) in [5, 5.41) is 11.6. The summed E-state index contributed by atoms with van der Waals surface area (Å²) in [6, 6.07) is -0.299. The number of hydrogen-bond donors (Lipinski definition) is 2. The topological polar surface area (TPSA) is 75.6 Å². The molecule has 1 saturated carbocycles. The third-order valence-corrected chi connectivity index (χ3v) is 2.54. The molecule has 0 aliphatic heterocycles. The minimum Gasteiger partial charge on any atom is -0.481 e. The summed E-state index contributed by atoms with van der Waals surface area (Å²) in [6.45, 7) is 5.32. The van der Waals surface area contributed by atoms with Crippen LogP contribution in [0.3, 0.4) is 0 Å². The van der Waals surface area contributed by atoms with Crippen molar-refractivity contribution in [3.8, 4) is 0 Å². The number of carbonyl (C=O) groups excluding carboxylic acids is 1. The number of alkyl carbamates (subject to hydrolysis) is 1. The first kappa shape index (κ1) is 12.8. The van der Waals surface area contributed by atoms with Crippen molar-refractivity contribution in [2.24, 2.45) is 5.92 Å². The van der Waals surface area contributed by atoms with Crippen LogP contribution in [0.4, 0.5) is 4.79 Å². The Kier molecular flexibility index (Phi) is 3.78. The van der Waals surface area contributed by atoms with Gasteiger partial charge in [0.1, 0.15) is 5.60 Å². The van der Waals surface area contributed by atoms with Crippen molar-refractivity contribution in [3.05, 3.63) is 0 Å². The van der Waals surface area contributed by atoms with E-state index in [1.54, 1.807) is 20.8 Å². The van der Waals surface area contributed by atoms with Crippen molar-refractivity contribution >= 4 is 12.1 Å². The van der Waals surface area contributed by atoms with Crippen LogP contribution in [0.25, 0.3) is 0 Å². The Morgan fingerprint density at radius 1 is 1.31 bits per heavy atom. The largest absolute Gasteiger partial charge is 0.481 e. The maximum absolute atomic E-state index is 11.5. The van der Waals surface area contributed by atoms with Gasteiger partial charge in [-0.1, -0.05) is 6.42 Å². The highest BCUT2D eigenvalue weighted by molar-refractivity contribution is 5.74. The molecule has 1 amide bonds. The average molecular weight is 229 g/mol. The molecule has 2 N–H and O–H groups in total. The fourth-order valence-corrected chi connectivity index (χ4v) is 1.89. The molecule has 1 aliphatic rings. The van der Waals surface area contributed by atoms with E-state index in [4.69, 9.17) is 9.84 Å². The number of carboxylic acid groups (broad SMARTS) is 1. The minimum atomic E-state index is -0.849. The highest BCUT2D eigenvalue weighted by atomic mass is 16.6. The summed E-state index contributed by atoms with van der Waals surface area (Å²) >= 11 is 0. The van der Waals surface area contributed by atoms with Gasteiger partial charge in [0.25, 0.3) is 0 Å². The van der Waals surface area contributed by atoms with E-state index < -0.39 is 23.6 Å². The molecule has 92 valence electrons.